The maximum absolute atomic E-state index is 13.7. The van der Waals surface area contributed by atoms with Gasteiger partial charge in [0.25, 0.3) is 0 Å². The second-order valence-corrected chi connectivity index (χ2v) is 9.63. The number of nitrogens with one attached hydrogen (secondary N) is 1. The summed E-state index contributed by atoms with van der Waals surface area (Å²) in [5, 5.41) is 3.66. The molecule has 0 saturated heterocycles. The second-order valence-electron chi connectivity index (χ2n) is 9.19. The minimum Gasteiger partial charge on any atom is -0.352 e. The Kier molecular flexibility index (Phi) is 8.89. The lowest BCUT2D eigenvalue weighted by Crippen LogP contribution is -2.52. The summed E-state index contributed by atoms with van der Waals surface area (Å²) in [6, 6.07) is 22.7. The number of benzene rings is 3. The fourth-order valence-corrected chi connectivity index (χ4v) is 4.29. The van der Waals surface area contributed by atoms with Crippen molar-refractivity contribution in [3.05, 3.63) is 106 Å². The van der Waals surface area contributed by atoms with Crippen LogP contribution in [0.2, 0.25) is 5.02 Å². The third kappa shape index (κ3) is 7.46. The Hall–Kier alpha value is -3.11. The fourth-order valence-electron chi connectivity index (χ4n) is 4.17. The molecule has 0 bridgehead atoms. The predicted molar refractivity (Wildman–Crippen MR) is 139 cm³/mol. The molecule has 5 heteroatoms. The van der Waals surface area contributed by atoms with Crippen LogP contribution in [0.25, 0.3) is 0 Å². The number of nitrogens with zero attached hydrogens (tertiary/aromatic N) is 1. The minimum absolute atomic E-state index is 0.0299. The maximum atomic E-state index is 13.7. The Morgan fingerprint density at radius 1 is 0.853 bits per heavy atom. The minimum atomic E-state index is -0.640. The van der Waals surface area contributed by atoms with Gasteiger partial charge in [0.05, 0.1) is 6.42 Å². The number of carbonyl (C=O) groups is 2. The van der Waals surface area contributed by atoms with Gasteiger partial charge in [0.15, 0.2) is 0 Å². The summed E-state index contributed by atoms with van der Waals surface area (Å²) in [6.45, 7) is 8.24. The molecule has 0 aliphatic rings. The van der Waals surface area contributed by atoms with Gasteiger partial charge in [-0.05, 0) is 56.5 Å². The molecular weight excluding hydrogens is 444 g/mol. The van der Waals surface area contributed by atoms with E-state index in [1.807, 2.05) is 94.4 Å². The zero-order valence-corrected chi connectivity index (χ0v) is 21.1. The number of hydrogen-bond acceptors (Lipinski definition) is 2. The van der Waals surface area contributed by atoms with Gasteiger partial charge in [-0.1, -0.05) is 83.4 Å². The highest BCUT2D eigenvalue weighted by atomic mass is 35.5. The van der Waals surface area contributed by atoms with Crippen molar-refractivity contribution in [2.45, 2.75) is 59.2 Å². The molecule has 0 radical (unpaired) electrons. The van der Waals surface area contributed by atoms with E-state index in [-0.39, 0.29) is 24.3 Å². The van der Waals surface area contributed by atoms with Gasteiger partial charge in [0.2, 0.25) is 11.8 Å². The Balaban J connectivity index is 1.98. The molecular formula is C29H33ClN2O2. The van der Waals surface area contributed by atoms with E-state index in [0.29, 0.717) is 18.0 Å². The highest BCUT2D eigenvalue weighted by molar-refractivity contribution is 6.30. The van der Waals surface area contributed by atoms with Gasteiger partial charge >= 0.3 is 0 Å². The topological polar surface area (TPSA) is 49.4 Å². The third-order valence-electron chi connectivity index (χ3n) is 5.61. The van der Waals surface area contributed by atoms with E-state index < -0.39 is 6.04 Å². The number of halogens is 1. The molecule has 0 saturated carbocycles. The van der Waals surface area contributed by atoms with E-state index in [0.717, 1.165) is 27.8 Å². The van der Waals surface area contributed by atoms with Crippen LogP contribution in [0.4, 0.5) is 0 Å². The highest BCUT2D eigenvalue weighted by Crippen LogP contribution is 2.19. The van der Waals surface area contributed by atoms with E-state index in [9.17, 15) is 9.59 Å². The lowest BCUT2D eigenvalue weighted by molar-refractivity contribution is -0.141. The molecule has 1 N–H and O–H groups in total. The summed E-state index contributed by atoms with van der Waals surface area (Å²) < 4.78 is 0. The molecule has 3 aromatic rings. The van der Waals surface area contributed by atoms with Gasteiger partial charge in [-0.3, -0.25) is 9.59 Å². The maximum Gasteiger partial charge on any atom is 0.243 e. The summed E-state index contributed by atoms with van der Waals surface area (Å²) in [5.74, 6) is -0.235. The average molecular weight is 477 g/mol. The van der Waals surface area contributed by atoms with Crippen molar-refractivity contribution >= 4 is 23.4 Å². The molecule has 178 valence electrons. The molecule has 4 nitrogen and oxygen atoms in total. The predicted octanol–water partition coefficient (Wildman–Crippen LogP) is 5.66. The van der Waals surface area contributed by atoms with Crippen molar-refractivity contribution in [3.8, 4) is 0 Å². The number of rotatable bonds is 9. The Labute approximate surface area is 207 Å². The number of carbonyl (C=O) groups excluding carboxylic acids is 2. The molecule has 0 spiro atoms. The Morgan fingerprint density at radius 2 is 1.47 bits per heavy atom. The van der Waals surface area contributed by atoms with E-state index in [2.05, 4.69) is 11.4 Å². The second kappa shape index (κ2) is 11.8. The quantitative estimate of drug-likeness (QED) is 0.433. The van der Waals surface area contributed by atoms with Gasteiger partial charge < -0.3 is 10.2 Å². The largest absolute Gasteiger partial charge is 0.352 e. The average Bonchev–Trinajstić information content (AvgIpc) is 2.77. The van der Waals surface area contributed by atoms with Crippen molar-refractivity contribution < 1.29 is 9.59 Å². The normalized spacial score (nSPS) is 11.8. The Bertz CT molecular complexity index is 1090. The summed E-state index contributed by atoms with van der Waals surface area (Å²) in [4.78, 5) is 28.8. The number of hydrogen-bond donors (Lipinski definition) is 1. The van der Waals surface area contributed by atoms with Crippen LogP contribution in [0, 0.1) is 13.8 Å². The first kappa shape index (κ1) is 25.5. The molecule has 0 fully saturated rings. The monoisotopic (exact) mass is 476 g/mol. The van der Waals surface area contributed by atoms with Crippen molar-refractivity contribution in [2.75, 3.05) is 0 Å². The smallest absolute Gasteiger partial charge is 0.243 e. The SMILES string of the molecule is Cc1cc(C)cc(CC(=O)N(Cc2ccc(Cl)cc2)[C@H](Cc2ccccc2)C(=O)NC(C)C)c1. The molecule has 1 atom stereocenters. The first-order valence-electron chi connectivity index (χ1n) is 11.7. The Morgan fingerprint density at radius 3 is 2.06 bits per heavy atom. The first-order chi connectivity index (χ1) is 16.2. The summed E-state index contributed by atoms with van der Waals surface area (Å²) >= 11 is 6.08. The first-order valence-corrected chi connectivity index (χ1v) is 12.0. The van der Waals surface area contributed by atoms with E-state index >= 15 is 0 Å². The van der Waals surface area contributed by atoms with E-state index in [4.69, 9.17) is 11.6 Å². The van der Waals surface area contributed by atoms with Crippen LogP contribution in [-0.2, 0) is 29.0 Å². The van der Waals surface area contributed by atoms with Gasteiger partial charge in [-0.2, -0.15) is 0 Å². The van der Waals surface area contributed by atoms with Crippen molar-refractivity contribution in [1.29, 1.82) is 0 Å². The molecule has 0 unspecified atom stereocenters. The molecule has 34 heavy (non-hydrogen) atoms. The van der Waals surface area contributed by atoms with Crippen LogP contribution in [-0.4, -0.2) is 28.8 Å². The lowest BCUT2D eigenvalue weighted by Gasteiger charge is -2.32. The summed E-state index contributed by atoms with van der Waals surface area (Å²) in [6.07, 6.45) is 0.669. The zero-order valence-electron chi connectivity index (χ0n) is 20.3. The fraction of sp³-hybridized carbons (Fsp3) is 0.310. The van der Waals surface area contributed by atoms with E-state index in [1.165, 1.54) is 0 Å². The standard InChI is InChI=1S/C29H33ClN2O2/c1-20(2)31-29(34)27(17-23-8-6-5-7-9-23)32(19-24-10-12-26(30)13-11-24)28(33)18-25-15-21(3)14-22(4)16-25/h5-16,20,27H,17-19H2,1-4H3,(H,31,34)/t27-/m1/s1. The van der Waals surface area contributed by atoms with E-state index in [1.54, 1.807) is 4.90 Å². The van der Waals surface area contributed by atoms with Crippen LogP contribution < -0.4 is 5.32 Å². The third-order valence-corrected chi connectivity index (χ3v) is 5.86. The van der Waals surface area contributed by atoms with Gasteiger partial charge in [0, 0.05) is 24.0 Å². The van der Waals surface area contributed by atoms with Crippen LogP contribution in [0.1, 0.15) is 41.7 Å². The molecule has 0 aliphatic heterocycles. The number of aryl methyl sites for hydroxylation is 2. The zero-order chi connectivity index (χ0) is 24.7. The van der Waals surface area contributed by atoms with Crippen molar-refractivity contribution in [1.82, 2.24) is 10.2 Å². The molecule has 0 aromatic heterocycles. The molecule has 2 amide bonds. The van der Waals surface area contributed by atoms with Gasteiger partial charge in [0.1, 0.15) is 6.04 Å². The van der Waals surface area contributed by atoms with Crippen LogP contribution in [0.15, 0.2) is 72.8 Å². The molecule has 0 heterocycles. The van der Waals surface area contributed by atoms with Gasteiger partial charge in [-0.15, -0.1) is 0 Å². The van der Waals surface area contributed by atoms with Crippen LogP contribution in [0.3, 0.4) is 0 Å². The van der Waals surface area contributed by atoms with Crippen molar-refractivity contribution in [3.63, 3.8) is 0 Å². The highest BCUT2D eigenvalue weighted by Gasteiger charge is 2.30. The van der Waals surface area contributed by atoms with Crippen molar-refractivity contribution in [2.24, 2.45) is 0 Å². The van der Waals surface area contributed by atoms with Crippen LogP contribution in [0.5, 0.6) is 0 Å². The van der Waals surface area contributed by atoms with Gasteiger partial charge in [-0.25, -0.2) is 0 Å². The molecule has 3 rings (SSSR count). The van der Waals surface area contributed by atoms with Crippen LogP contribution >= 0.6 is 11.6 Å². The summed E-state index contributed by atoms with van der Waals surface area (Å²) in [7, 11) is 0. The molecule has 3 aromatic carbocycles. The number of amides is 2. The molecule has 0 aliphatic carbocycles. The summed E-state index contributed by atoms with van der Waals surface area (Å²) in [5.41, 5.74) is 5.11. The lowest BCUT2D eigenvalue weighted by atomic mass is 10.00.